The highest BCUT2D eigenvalue weighted by atomic mass is 16.1. The number of hydrogen-bond acceptors (Lipinski definition) is 3. The number of carbonyl (C=O) groups is 1. The molecule has 1 aromatic carbocycles. The van der Waals surface area contributed by atoms with Gasteiger partial charge in [-0.25, -0.2) is 0 Å². The first kappa shape index (κ1) is 21.3. The maximum atomic E-state index is 12.3. The molecule has 0 spiro atoms. The Labute approximate surface area is 142 Å². The van der Waals surface area contributed by atoms with E-state index in [2.05, 4.69) is 5.32 Å². The molecule has 0 atom stereocenters. The van der Waals surface area contributed by atoms with Crippen LogP contribution < -0.4 is 16.8 Å². The van der Waals surface area contributed by atoms with Crippen molar-refractivity contribution < 1.29 is 4.79 Å². The number of nitrogens with two attached hydrogens (primary N) is 2. The zero-order valence-corrected chi connectivity index (χ0v) is 13.0. The van der Waals surface area contributed by atoms with Gasteiger partial charge < -0.3 is 16.8 Å². The van der Waals surface area contributed by atoms with Crippen LogP contribution in [0.4, 0.5) is 11.4 Å². The van der Waals surface area contributed by atoms with Crippen molar-refractivity contribution in [2.75, 3.05) is 18.0 Å². The molecular formula is C19H35N3O. The van der Waals surface area contributed by atoms with Crippen LogP contribution in [-0.4, -0.2) is 12.5 Å². The van der Waals surface area contributed by atoms with E-state index in [0.29, 0.717) is 22.9 Å². The molecule has 2 rings (SSSR count). The van der Waals surface area contributed by atoms with Gasteiger partial charge in [0.15, 0.2) is 0 Å². The smallest absolute Gasteiger partial charge is 0.251 e. The van der Waals surface area contributed by atoms with Crippen molar-refractivity contribution in [3.05, 3.63) is 23.3 Å². The minimum Gasteiger partial charge on any atom is -0.399 e. The van der Waals surface area contributed by atoms with Gasteiger partial charge in [-0.05, 0) is 43.4 Å². The van der Waals surface area contributed by atoms with Crippen LogP contribution in [0.3, 0.4) is 0 Å². The second-order valence-electron chi connectivity index (χ2n) is 6.20. The molecule has 0 radical (unpaired) electrons. The van der Waals surface area contributed by atoms with E-state index >= 15 is 0 Å². The molecule has 0 aromatic heterocycles. The summed E-state index contributed by atoms with van der Waals surface area (Å²) in [5.41, 5.74) is 14.2. The number of benzene rings is 1. The number of nitrogens with one attached hydrogen (secondary N) is 1. The van der Waals surface area contributed by atoms with E-state index in [9.17, 15) is 4.79 Å². The molecule has 1 aromatic rings. The highest BCUT2D eigenvalue weighted by Crippen LogP contribution is 2.23. The lowest BCUT2D eigenvalue weighted by molar-refractivity contribution is 0.0944. The van der Waals surface area contributed by atoms with E-state index in [1.54, 1.807) is 12.1 Å². The summed E-state index contributed by atoms with van der Waals surface area (Å²) < 4.78 is 0. The van der Waals surface area contributed by atoms with Crippen molar-refractivity contribution in [2.24, 2.45) is 5.92 Å². The van der Waals surface area contributed by atoms with Crippen LogP contribution in [0.1, 0.15) is 75.7 Å². The van der Waals surface area contributed by atoms with Crippen LogP contribution in [0.25, 0.3) is 0 Å². The fourth-order valence-corrected chi connectivity index (χ4v) is 3.07. The molecule has 1 aliphatic rings. The Morgan fingerprint density at radius 2 is 1.65 bits per heavy atom. The normalized spacial score (nSPS) is 15.5. The molecule has 132 valence electrons. The Bertz CT molecular complexity index is 492. The lowest BCUT2D eigenvalue weighted by atomic mass is 9.91. The molecule has 4 nitrogen and oxygen atoms in total. The van der Waals surface area contributed by atoms with E-state index in [1.165, 1.54) is 44.9 Å². The Kier molecular flexibility index (Phi) is 9.38. The molecule has 23 heavy (non-hydrogen) atoms. The summed E-state index contributed by atoms with van der Waals surface area (Å²) >= 11 is 0. The monoisotopic (exact) mass is 321 g/mol. The third kappa shape index (κ3) is 6.12. The number of anilines is 2. The topological polar surface area (TPSA) is 81.1 Å². The van der Waals surface area contributed by atoms with Gasteiger partial charge in [0.1, 0.15) is 0 Å². The molecule has 0 unspecified atom stereocenters. The highest BCUT2D eigenvalue weighted by molar-refractivity contribution is 5.98. The molecule has 1 aliphatic carbocycles. The minimum atomic E-state index is -0.0615. The van der Waals surface area contributed by atoms with E-state index in [4.69, 9.17) is 11.5 Å². The maximum Gasteiger partial charge on any atom is 0.251 e. The van der Waals surface area contributed by atoms with Crippen molar-refractivity contribution in [1.82, 2.24) is 5.32 Å². The Morgan fingerprint density at radius 3 is 2.26 bits per heavy atom. The van der Waals surface area contributed by atoms with Gasteiger partial charge in [-0.2, -0.15) is 0 Å². The van der Waals surface area contributed by atoms with Gasteiger partial charge in [-0.15, -0.1) is 0 Å². The predicted octanol–water partition coefficient (Wildman–Crippen LogP) is 4.52. The molecular weight excluding hydrogens is 286 g/mol. The summed E-state index contributed by atoms with van der Waals surface area (Å²) in [4.78, 5) is 12.3. The Morgan fingerprint density at radius 1 is 1.09 bits per heavy atom. The molecule has 1 saturated carbocycles. The zero-order chi connectivity index (χ0) is 15.2. The number of rotatable bonds is 3. The number of hydrogen-bond donors (Lipinski definition) is 3. The summed E-state index contributed by atoms with van der Waals surface area (Å²) in [5, 5.41) is 3.06. The van der Waals surface area contributed by atoms with Crippen molar-refractivity contribution in [3.63, 3.8) is 0 Å². The molecule has 0 saturated heterocycles. The first-order valence-electron chi connectivity index (χ1n) is 8.01. The van der Waals surface area contributed by atoms with Crippen molar-refractivity contribution in [2.45, 2.75) is 66.7 Å². The Balaban J connectivity index is 0.00000242. The summed E-state index contributed by atoms with van der Waals surface area (Å²) in [6, 6.07) is 3.40. The quantitative estimate of drug-likeness (QED) is 0.716. The standard InChI is InChI=1S/C17H27N3O.2CH4/c1-12-15(9-14(18)10-16(12)19)17(21)20-11-13-7-5-3-2-4-6-8-13;;/h9-10,13H,2-8,11,18-19H2,1H3,(H,20,21);2*1H4. The molecule has 1 amide bonds. The molecule has 0 aliphatic heterocycles. The largest absolute Gasteiger partial charge is 0.399 e. The third-order valence-corrected chi connectivity index (χ3v) is 4.49. The van der Waals surface area contributed by atoms with Gasteiger partial charge in [0.2, 0.25) is 0 Å². The fourth-order valence-electron chi connectivity index (χ4n) is 3.07. The van der Waals surface area contributed by atoms with E-state index in [1.807, 2.05) is 6.92 Å². The predicted molar refractivity (Wildman–Crippen MR) is 102 cm³/mol. The third-order valence-electron chi connectivity index (χ3n) is 4.49. The lowest BCUT2D eigenvalue weighted by Gasteiger charge is -2.20. The van der Waals surface area contributed by atoms with E-state index < -0.39 is 0 Å². The van der Waals surface area contributed by atoms with E-state index in [-0.39, 0.29) is 20.8 Å². The molecule has 5 N–H and O–H groups in total. The molecule has 0 bridgehead atoms. The first-order chi connectivity index (χ1) is 10.1. The van der Waals surface area contributed by atoms with Gasteiger partial charge in [0.25, 0.3) is 5.91 Å². The lowest BCUT2D eigenvalue weighted by Crippen LogP contribution is -2.30. The van der Waals surface area contributed by atoms with Crippen LogP contribution in [0.15, 0.2) is 12.1 Å². The SMILES string of the molecule is C.C.Cc1c(N)cc(N)cc1C(=O)NCC1CCCCCCC1. The van der Waals surface area contributed by atoms with Crippen LogP contribution in [0, 0.1) is 12.8 Å². The van der Waals surface area contributed by atoms with Crippen molar-refractivity contribution in [3.8, 4) is 0 Å². The summed E-state index contributed by atoms with van der Waals surface area (Å²) in [6.07, 6.45) is 9.03. The van der Waals surface area contributed by atoms with E-state index in [0.717, 1.165) is 12.1 Å². The molecule has 1 fully saturated rings. The second kappa shape index (κ2) is 10.1. The van der Waals surface area contributed by atoms with Crippen LogP contribution >= 0.6 is 0 Å². The first-order valence-corrected chi connectivity index (χ1v) is 8.01. The number of carbonyl (C=O) groups excluding carboxylic acids is 1. The average molecular weight is 322 g/mol. The van der Waals surface area contributed by atoms with Gasteiger partial charge in [0.05, 0.1) is 0 Å². The van der Waals surface area contributed by atoms with Crippen LogP contribution in [0.2, 0.25) is 0 Å². The summed E-state index contributed by atoms with van der Waals surface area (Å²) in [7, 11) is 0. The molecule has 4 heteroatoms. The summed E-state index contributed by atoms with van der Waals surface area (Å²) in [6.45, 7) is 2.62. The van der Waals surface area contributed by atoms with Crippen molar-refractivity contribution in [1.29, 1.82) is 0 Å². The van der Waals surface area contributed by atoms with Crippen LogP contribution in [0.5, 0.6) is 0 Å². The summed E-state index contributed by atoms with van der Waals surface area (Å²) in [5.74, 6) is 0.543. The highest BCUT2D eigenvalue weighted by Gasteiger charge is 2.15. The van der Waals surface area contributed by atoms with Gasteiger partial charge in [-0.3, -0.25) is 4.79 Å². The van der Waals surface area contributed by atoms with Gasteiger partial charge in [-0.1, -0.05) is 47.0 Å². The zero-order valence-electron chi connectivity index (χ0n) is 13.0. The van der Waals surface area contributed by atoms with Gasteiger partial charge in [0, 0.05) is 23.5 Å². The Hall–Kier alpha value is -1.71. The van der Waals surface area contributed by atoms with Gasteiger partial charge >= 0.3 is 0 Å². The second-order valence-corrected chi connectivity index (χ2v) is 6.20. The maximum absolute atomic E-state index is 12.3. The number of nitrogen functional groups attached to an aromatic ring is 2. The fraction of sp³-hybridized carbons (Fsp3) is 0.632. The molecule has 0 heterocycles. The van der Waals surface area contributed by atoms with Crippen LogP contribution in [-0.2, 0) is 0 Å². The number of amides is 1. The minimum absolute atomic E-state index is 0. The van der Waals surface area contributed by atoms with Crippen molar-refractivity contribution >= 4 is 17.3 Å². The average Bonchev–Trinajstić information content (AvgIpc) is 2.41.